The Morgan fingerprint density at radius 3 is 1.49 bits per heavy atom. The van der Waals surface area contributed by atoms with E-state index in [4.69, 9.17) is 4.98 Å². The van der Waals surface area contributed by atoms with Crippen molar-refractivity contribution < 1.29 is 0 Å². The molecular formula is C64H48N3SSi+. The molecule has 69 heavy (non-hydrogen) atoms. The molecule has 12 rings (SSSR count). The first-order valence-corrected chi connectivity index (χ1v) is 26.8. The van der Waals surface area contributed by atoms with Crippen LogP contribution in [0.25, 0.3) is 22.0 Å². The van der Waals surface area contributed by atoms with E-state index in [1.54, 1.807) is 0 Å². The van der Waals surface area contributed by atoms with Gasteiger partial charge in [0.05, 0.1) is 5.52 Å². The van der Waals surface area contributed by atoms with Gasteiger partial charge in [-0.3, -0.25) is 4.90 Å². The third kappa shape index (κ3) is 7.35. The number of para-hydroxylation sites is 4. The lowest BCUT2D eigenvalue weighted by Gasteiger charge is -2.44. The summed E-state index contributed by atoms with van der Waals surface area (Å²) in [5.74, 6) is 0.883. The second-order valence-corrected chi connectivity index (χ2v) is 23.2. The van der Waals surface area contributed by atoms with E-state index in [0.717, 1.165) is 56.3 Å². The largest absolute Gasteiger partial charge is 0.306 e. The molecule has 10 aromatic carbocycles. The molecule has 5 heteroatoms. The Morgan fingerprint density at radius 2 is 0.913 bits per heavy atom. The molecule has 0 unspecified atom stereocenters. The van der Waals surface area contributed by atoms with Crippen molar-refractivity contribution in [2.24, 2.45) is 0 Å². The molecule has 0 N–H and O–H groups in total. The van der Waals surface area contributed by atoms with Crippen LogP contribution in [0.1, 0.15) is 5.56 Å². The van der Waals surface area contributed by atoms with Crippen LogP contribution >= 0.6 is 0 Å². The van der Waals surface area contributed by atoms with Crippen LogP contribution in [0.3, 0.4) is 0 Å². The summed E-state index contributed by atoms with van der Waals surface area (Å²) in [4.78, 5) is 14.4. The van der Waals surface area contributed by atoms with Gasteiger partial charge in [0.1, 0.15) is 22.4 Å². The van der Waals surface area contributed by atoms with Crippen LogP contribution in [0, 0.1) is 6.92 Å². The van der Waals surface area contributed by atoms with Gasteiger partial charge in [-0.1, -0.05) is 194 Å². The number of benzene rings is 10. The first kappa shape index (κ1) is 42.2. The van der Waals surface area contributed by atoms with Crippen molar-refractivity contribution in [2.45, 2.75) is 21.6 Å². The van der Waals surface area contributed by atoms with E-state index in [-0.39, 0.29) is 0 Å². The molecule has 1 aliphatic heterocycles. The Labute approximate surface area is 408 Å². The predicted octanol–water partition coefficient (Wildman–Crippen LogP) is 13.9. The van der Waals surface area contributed by atoms with Crippen LogP contribution in [0.2, 0.25) is 0 Å². The van der Waals surface area contributed by atoms with Crippen LogP contribution in [-0.2, 0) is 10.9 Å². The van der Waals surface area contributed by atoms with Crippen LogP contribution < -0.4 is 30.5 Å². The van der Waals surface area contributed by atoms with E-state index in [1.165, 1.54) is 41.0 Å². The standard InChI is InChI=1S/C64H48N3SSi/c1-47-25-17-18-36-57(47)66(58-37-19-22-40-61(58)68(50-28-9-3-10-29-50)51-30-11-4-12-31-51)49-43-44-56-55(45-49)54(48-26-7-2-8-27-48)46-64(65-56)67-59-38-20-23-41-62(59)69(52-32-13-5-14-33-52,53-34-15-6-16-35-53)63-42-24-21-39-60(63)67/h2-46H,1H3/q+1. The fourth-order valence-corrected chi connectivity index (χ4v) is 17.8. The quantitative estimate of drug-likeness (QED) is 0.101. The Hall–Kier alpha value is -8.22. The van der Waals surface area contributed by atoms with Gasteiger partial charge < -0.3 is 4.90 Å². The molecule has 0 bridgehead atoms. The molecule has 0 spiro atoms. The van der Waals surface area contributed by atoms with Gasteiger partial charge in [-0.25, -0.2) is 4.98 Å². The number of fused-ring (bicyclic) bond motifs is 3. The zero-order chi connectivity index (χ0) is 46.2. The van der Waals surface area contributed by atoms with Crippen LogP contribution in [-0.4, -0.2) is 13.1 Å². The van der Waals surface area contributed by atoms with Crippen molar-refractivity contribution in [3.8, 4) is 11.1 Å². The fraction of sp³-hybridized carbons (Fsp3) is 0.0156. The van der Waals surface area contributed by atoms with Crippen molar-refractivity contribution in [2.75, 3.05) is 9.80 Å². The van der Waals surface area contributed by atoms with E-state index < -0.39 is 19.0 Å². The summed E-state index contributed by atoms with van der Waals surface area (Å²) in [5, 5.41) is 6.49. The number of pyridine rings is 1. The summed E-state index contributed by atoms with van der Waals surface area (Å²) in [5.41, 5.74) is 10.0. The second-order valence-electron chi connectivity index (χ2n) is 17.5. The minimum absolute atomic E-state index is 0.392. The van der Waals surface area contributed by atoms with E-state index in [0.29, 0.717) is 0 Å². The van der Waals surface area contributed by atoms with Gasteiger partial charge in [0, 0.05) is 28.1 Å². The number of rotatable bonds is 10. The lowest BCUT2D eigenvalue weighted by molar-refractivity contribution is 1.19. The predicted molar refractivity (Wildman–Crippen MR) is 294 cm³/mol. The molecule has 3 nitrogen and oxygen atoms in total. The van der Waals surface area contributed by atoms with Gasteiger partial charge in [0.15, 0.2) is 22.8 Å². The van der Waals surface area contributed by atoms with Crippen LogP contribution in [0.5, 0.6) is 0 Å². The highest BCUT2D eigenvalue weighted by molar-refractivity contribution is 7.97. The summed E-state index contributed by atoms with van der Waals surface area (Å²) in [6.07, 6.45) is 0. The Bertz CT molecular complexity index is 3460. The van der Waals surface area contributed by atoms with E-state index >= 15 is 0 Å². The third-order valence-corrected chi connectivity index (χ3v) is 20.6. The Kier molecular flexibility index (Phi) is 11.1. The van der Waals surface area contributed by atoms with Crippen LogP contribution in [0.4, 0.5) is 34.3 Å². The summed E-state index contributed by atoms with van der Waals surface area (Å²) in [6.45, 7) is 2.21. The van der Waals surface area contributed by atoms with Crippen LogP contribution in [0.15, 0.2) is 288 Å². The van der Waals surface area contributed by atoms with Gasteiger partial charge in [0.2, 0.25) is 0 Å². The average molecular weight is 919 g/mol. The molecule has 0 saturated carbocycles. The highest BCUT2D eigenvalue weighted by Gasteiger charge is 2.49. The van der Waals surface area contributed by atoms with Crippen molar-refractivity contribution in [1.82, 2.24) is 4.98 Å². The van der Waals surface area contributed by atoms with Crippen molar-refractivity contribution in [1.29, 1.82) is 0 Å². The molecule has 0 amide bonds. The minimum atomic E-state index is -2.80. The molecule has 0 radical (unpaired) electrons. The van der Waals surface area contributed by atoms with Gasteiger partial charge >= 0.3 is 0 Å². The van der Waals surface area contributed by atoms with Gasteiger partial charge in [-0.15, -0.1) is 0 Å². The number of hydrogen-bond donors (Lipinski definition) is 0. The molecular weight excluding hydrogens is 871 g/mol. The molecule has 0 saturated heterocycles. The second kappa shape index (κ2) is 18.1. The number of hydrogen-bond acceptors (Lipinski definition) is 3. The Morgan fingerprint density at radius 1 is 0.435 bits per heavy atom. The van der Waals surface area contributed by atoms with Gasteiger partial charge in [-0.2, -0.15) is 0 Å². The number of anilines is 6. The minimum Gasteiger partial charge on any atom is -0.306 e. The summed E-state index contributed by atoms with van der Waals surface area (Å²) in [7, 11) is -3.19. The Balaban J connectivity index is 1.08. The monoisotopic (exact) mass is 918 g/mol. The average Bonchev–Trinajstić information content (AvgIpc) is 3.42. The smallest absolute Gasteiger partial charge is 0.190 e. The molecule has 2 heterocycles. The lowest BCUT2D eigenvalue weighted by atomic mass is 9.99. The van der Waals surface area contributed by atoms with E-state index in [9.17, 15) is 0 Å². The molecule has 0 atom stereocenters. The zero-order valence-electron chi connectivity index (χ0n) is 38.2. The first-order chi connectivity index (χ1) is 34.2. The summed E-state index contributed by atoms with van der Waals surface area (Å²) in [6, 6.07) is 100. The molecule has 1 aromatic heterocycles. The maximum atomic E-state index is 5.69. The third-order valence-electron chi connectivity index (χ3n) is 13.5. The molecule has 0 aliphatic carbocycles. The van der Waals surface area contributed by atoms with Crippen molar-refractivity contribution >= 4 is 84.9 Å². The molecule has 328 valence electrons. The summed E-state index contributed by atoms with van der Waals surface area (Å²) < 4.78 is 0. The number of aryl methyl sites for hydroxylation is 1. The molecule has 1 aliphatic rings. The SMILES string of the molecule is Cc1ccccc1N(c1ccc2nc(N3c4ccccc4[Si](c4ccccc4)(c4ccccc4)c4ccccc43)cc(-c3ccccc3)c2c1)c1ccccc1[S+](c1ccccc1)c1ccccc1. The fourth-order valence-electron chi connectivity index (χ4n) is 10.5. The number of nitrogens with zero attached hydrogens (tertiary/aromatic N) is 3. The first-order valence-electron chi connectivity index (χ1n) is 23.6. The van der Waals surface area contributed by atoms with E-state index in [1.807, 2.05) is 0 Å². The zero-order valence-corrected chi connectivity index (χ0v) is 40.0. The van der Waals surface area contributed by atoms with Crippen molar-refractivity contribution in [3.05, 3.63) is 279 Å². The van der Waals surface area contributed by atoms with Crippen molar-refractivity contribution in [3.63, 3.8) is 0 Å². The van der Waals surface area contributed by atoms with Gasteiger partial charge in [-0.05, 0) is 123 Å². The highest BCUT2D eigenvalue weighted by atomic mass is 32.2. The normalized spacial score (nSPS) is 12.6. The topological polar surface area (TPSA) is 19.4 Å². The van der Waals surface area contributed by atoms with Gasteiger partial charge in [0.25, 0.3) is 0 Å². The summed E-state index contributed by atoms with van der Waals surface area (Å²) >= 11 is 0. The van der Waals surface area contributed by atoms with E-state index in [2.05, 4.69) is 290 Å². The highest BCUT2D eigenvalue weighted by Crippen LogP contribution is 2.46. The lowest BCUT2D eigenvalue weighted by Crippen LogP contribution is -2.77. The maximum absolute atomic E-state index is 5.69. The number of aromatic nitrogens is 1. The molecule has 11 aromatic rings. The maximum Gasteiger partial charge on any atom is 0.190 e. The molecule has 0 fully saturated rings.